The molecular formula is C79H112N2OS7. The number of carbonyl (C=O) groups excluding carboxylic acids is 1. The van der Waals surface area contributed by atoms with Crippen LogP contribution in [0, 0.1) is 0 Å². The van der Waals surface area contributed by atoms with Crippen molar-refractivity contribution in [1.82, 2.24) is 8.75 Å². The van der Waals surface area contributed by atoms with Crippen LogP contribution in [0.1, 0.15) is 316 Å². The summed E-state index contributed by atoms with van der Waals surface area (Å²) in [6.45, 7) is 13.9. The van der Waals surface area contributed by atoms with Crippen molar-refractivity contribution in [3.63, 3.8) is 0 Å². The largest absolute Gasteiger partial charge is 0.297 e. The van der Waals surface area contributed by atoms with E-state index in [-0.39, 0.29) is 0 Å². The molecule has 0 aliphatic carbocycles. The normalized spacial score (nSPS) is 11.8. The van der Waals surface area contributed by atoms with E-state index in [1.165, 1.54) is 331 Å². The third kappa shape index (κ3) is 22.0. The Bertz CT molecular complexity index is 3240. The predicted octanol–water partition coefficient (Wildman–Crippen LogP) is 29.3. The topological polar surface area (TPSA) is 42.9 Å². The number of unbranched alkanes of at least 4 members (excludes halogenated alkanes) is 30. The van der Waals surface area contributed by atoms with Crippen LogP contribution in [0.2, 0.25) is 0 Å². The Kier molecular flexibility index (Phi) is 33.0. The van der Waals surface area contributed by atoms with E-state index in [0.29, 0.717) is 0 Å². The first-order chi connectivity index (χ1) is 43.9. The highest BCUT2D eigenvalue weighted by molar-refractivity contribution is 7.28. The summed E-state index contributed by atoms with van der Waals surface area (Å²) in [6, 6.07) is 20.1. The van der Waals surface area contributed by atoms with E-state index in [1.54, 1.807) is 16.9 Å². The summed E-state index contributed by atoms with van der Waals surface area (Å²) in [5.41, 5.74) is 13.4. The number of hydrogen-bond donors (Lipinski definition) is 0. The van der Waals surface area contributed by atoms with Gasteiger partial charge in [-0.2, -0.15) is 8.75 Å². The summed E-state index contributed by atoms with van der Waals surface area (Å²) < 4.78 is 10.4. The van der Waals surface area contributed by atoms with E-state index in [0.717, 1.165) is 60.7 Å². The molecule has 89 heavy (non-hydrogen) atoms. The van der Waals surface area contributed by atoms with E-state index in [9.17, 15) is 4.79 Å². The first-order valence-electron chi connectivity index (χ1n) is 36.3. The van der Waals surface area contributed by atoms with Crippen molar-refractivity contribution in [2.24, 2.45) is 0 Å². The quantitative estimate of drug-likeness (QED) is 0.0282. The lowest BCUT2D eigenvalue weighted by molar-refractivity contribution is 0.112. The number of aromatic nitrogens is 2. The highest BCUT2D eigenvalue weighted by atomic mass is 32.1. The number of carbonyl (C=O) groups is 1. The van der Waals surface area contributed by atoms with Crippen LogP contribution >= 0.6 is 79.7 Å². The highest BCUT2D eigenvalue weighted by Crippen LogP contribution is 2.51. The monoisotopic (exact) mass is 1330 g/mol. The maximum atomic E-state index is 12.7. The molecule has 0 amide bonds. The zero-order valence-electron chi connectivity index (χ0n) is 56.1. The summed E-state index contributed by atoms with van der Waals surface area (Å²) >= 11 is 13.2. The molecule has 0 atom stereocenters. The molecule has 10 heteroatoms. The minimum atomic E-state index is 0.934. The minimum absolute atomic E-state index is 0.934. The van der Waals surface area contributed by atoms with Crippen LogP contribution in [0.5, 0.6) is 0 Å². The predicted molar refractivity (Wildman–Crippen MR) is 405 cm³/mol. The molecule has 0 N–H and O–H groups in total. The van der Waals surface area contributed by atoms with Gasteiger partial charge in [-0.15, -0.1) is 68.0 Å². The van der Waals surface area contributed by atoms with Crippen LogP contribution in [0.25, 0.3) is 70.9 Å². The molecule has 0 bridgehead atoms. The van der Waals surface area contributed by atoms with Crippen LogP contribution in [0.15, 0.2) is 53.9 Å². The first-order valence-corrected chi connectivity index (χ1v) is 42.0. The fourth-order valence-corrected chi connectivity index (χ4v) is 21.1. The number of benzene rings is 1. The van der Waals surface area contributed by atoms with Gasteiger partial charge >= 0.3 is 0 Å². The molecule has 8 aromatic rings. The highest BCUT2D eigenvalue weighted by Gasteiger charge is 2.25. The standard InChI is InChI=1S/C79H112N2OS7/c1-7-13-19-25-31-37-43-59-51-69(83-58-59)76-63(47-41-35-29-23-17-11-5)55-71(87-76)78-61(45-39-33-27-21-15-9-3)53-67(85-78)65-49-50-66(75-74(65)80-89-81-75)68-54-62(46-40-34-28-22-16-10-4)79(86-68)72-56-64(48-42-36-30-24-18-12-6)77(88-72)70-52-60(73(57-82)84-70)44-38-32-26-20-14-8-2/h49-58H,7-48H2,1-6H3. The van der Waals surface area contributed by atoms with Crippen molar-refractivity contribution in [3.05, 3.63) is 92.2 Å². The fraction of sp³-hybridized carbons (Fsp3) is 0.608. The van der Waals surface area contributed by atoms with Crippen LogP contribution in [-0.4, -0.2) is 15.0 Å². The van der Waals surface area contributed by atoms with Crippen molar-refractivity contribution in [2.75, 3.05) is 0 Å². The number of aldehydes is 1. The van der Waals surface area contributed by atoms with Crippen LogP contribution in [0.3, 0.4) is 0 Å². The molecule has 0 aliphatic rings. The zero-order chi connectivity index (χ0) is 62.3. The third-order valence-electron chi connectivity index (χ3n) is 18.5. The second-order valence-electron chi connectivity index (χ2n) is 26.0. The van der Waals surface area contributed by atoms with Gasteiger partial charge in [0.15, 0.2) is 6.29 Å². The molecule has 0 spiro atoms. The van der Waals surface area contributed by atoms with E-state index in [1.807, 2.05) is 45.3 Å². The number of aryl methyl sites for hydroxylation is 6. The third-order valence-corrected chi connectivity index (χ3v) is 26.6. The SMILES string of the molecule is CCCCCCCCc1csc(-c2sc(-c3sc(-c4ccc(-c5cc(CCCCCCCC)c(-c6cc(CCCCCCCC)c(-c7cc(CCCCCCCC)c(C=O)s7)s6)s5)c5nsnc45)cc3CCCCCCCC)cc2CCCCCCCC)c1. The van der Waals surface area contributed by atoms with Gasteiger partial charge in [0.05, 0.1) is 16.6 Å². The maximum Gasteiger partial charge on any atom is 0.160 e. The van der Waals surface area contributed by atoms with Gasteiger partial charge in [-0.1, -0.05) is 246 Å². The molecule has 0 saturated heterocycles. The number of rotatable bonds is 49. The Morgan fingerprint density at radius 3 is 0.978 bits per heavy atom. The Labute approximate surface area is 569 Å². The summed E-state index contributed by atoms with van der Waals surface area (Å²) in [4.78, 5) is 27.7. The summed E-state index contributed by atoms with van der Waals surface area (Å²) in [7, 11) is 0. The van der Waals surface area contributed by atoms with Gasteiger partial charge in [-0.25, -0.2) is 0 Å². The van der Waals surface area contributed by atoms with Gasteiger partial charge in [-0.05, 0) is 152 Å². The lowest BCUT2D eigenvalue weighted by Crippen LogP contribution is -1.88. The van der Waals surface area contributed by atoms with Gasteiger partial charge < -0.3 is 0 Å². The first kappa shape index (κ1) is 71.8. The minimum Gasteiger partial charge on any atom is -0.297 e. The van der Waals surface area contributed by atoms with Crippen LogP contribution < -0.4 is 0 Å². The lowest BCUT2D eigenvalue weighted by atomic mass is 10.0. The van der Waals surface area contributed by atoms with Gasteiger partial charge in [-0.3, -0.25) is 4.79 Å². The second kappa shape index (κ2) is 40.9. The van der Waals surface area contributed by atoms with Gasteiger partial charge in [0, 0.05) is 59.9 Å². The summed E-state index contributed by atoms with van der Waals surface area (Å²) in [5.74, 6) is 0. The second-order valence-corrected chi connectivity index (χ2v) is 32.8. The zero-order valence-corrected chi connectivity index (χ0v) is 61.8. The number of nitrogens with zero attached hydrogens (tertiary/aromatic N) is 2. The Hall–Kier alpha value is -3.09. The molecule has 486 valence electrons. The maximum absolute atomic E-state index is 12.7. The van der Waals surface area contributed by atoms with Crippen LogP contribution in [0.4, 0.5) is 0 Å². The molecular weight excluding hydrogens is 1220 g/mol. The van der Waals surface area contributed by atoms with E-state index in [2.05, 4.69) is 107 Å². The van der Waals surface area contributed by atoms with Gasteiger partial charge in [0.2, 0.25) is 0 Å². The molecule has 1 aromatic carbocycles. The number of hydrogen-bond acceptors (Lipinski definition) is 10. The van der Waals surface area contributed by atoms with Crippen molar-refractivity contribution in [1.29, 1.82) is 0 Å². The average Bonchev–Trinajstić information content (AvgIpc) is 2.82. The van der Waals surface area contributed by atoms with Gasteiger partial charge in [0.25, 0.3) is 0 Å². The van der Waals surface area contributed by atoms with Gasteiger partial charge in [0.1, 0.15) is 11.0 Å². The summed E-state index contributed by atoms with van der Waals surface area (Å²) in [5, 5.41) is 2.47. The van der Waals surface area contributed by atoms with Crippen LogP contribution in [-0.2, 0) is 38.5 Å². The molecule has 7 heterocycles. The molecule has 0 saturated carbocycles. The van der Waals surface area contributed by atoms with E-state index < -0.39 is 0 Å². The van der Waals surface area contributed by atoms with Crippen molar-refractivity contribution >= 4 is 97.1 Å². The summed E-state index contributed by atoms with van der Waals surface area (Å²) in [6.07, 6.45) is 54.7. The Morgan fingerprint density at radius 1 is 0.315 bits per heavy atom. The smallest absolute Gasteiger partial charge is 0.160 e. The molecule has 8 rings (SSSR count). The lowest BCUT2D eigenvalue weighted by Gasteiger charge is -2.04. The molecule has 0 unspecified atom stereocenters. The molecule has 0 radical (unpaired) electrons. The number of thiophene rings is 6. The van der Waals surface area contributed by atoms with Crippen molar-refractivity contribution in [2.45, 2.75) is 311 Å². The molecule has 3 nitrogen and oxygen atoms in total. The van der Waals surface area contributed by atoms with E-state index >= 15 is 0 Å². The van der Waals surface area contributed by atoms with E-state index in [4.69, 9.17) is 8.75 Å². The van der Waals surface area contributed by atoms with Crippen molar-refractivity contribution in [3.8, 4) is 59.9 Å². The average molecular weight is 1330 g/mol. The molecule has 0 aliphatic heterocycles. The van der Waals surface area contributed by atoms with Crippen molar-refractivity contribution < 1.29 is 4.79 Å². The molecule has 7 aromatic heterocycles. The molecule has 0 fully saturated rings. The Balaban J connectivity index is 1.14. The Morgan fingerprint density at radius 2 is 0.607 bits per heavy atom. The number of fused-ring (bicyclic) bond motifs is 1. The fourth-order valence-electron chi connectivity index (χ4n) is 13.1.